The molecule has 1 aromatic carbocycles. The first-order valence-corrected chi connectivity index (χ1v) is 4.70. The molecule has 0 atom stereocenters. The van der Waals surface area contributed by atoms with Gasteiger partial charge in [-0.25, -0.2) is 0 Å². The van der Waals surface area contributed by atoms with Crippen LogP contribution >= 0.6 is 27.3 Å². The summed E-state index contributed by atoms with van der Waals surface area (Å²) in [6, 6.07) is 5.61. The van der Waals surface area contributed by atoms with Gasteiger partial charge in [0.05, 0.1) is 0 Å². The normalized spacial score (nSPS) is 10.6. The first-order valence-electron chi connectivity index (χ1n) is 3.03. The highest BCUT2D eigenvalue weighted by molar-refractivity contribution is 9.10. The van der Waals surface area contributed by atoms with E-state index in [0.29, 0.717) is 0 Å². The van der Waals surface area contributed by atoms with Crippen molar-refractivity contribution in [1.82, 2.24) is 0 Å². The van der Waals surface area contributed by atoms with E-state index in [1.165, 1.54) is 11.3 Å². The molecule has 0 unspecified atom stereocenters. The SMILES string of the molecule is [O-][n+]1csc2cc(Br)ccc21. The Labute approximate surface area is 75.8 Å². The molecule has 0 aliphatic rings. The van der Waals surface area contributed by atoms with Crippen LogP contribution in [0.25, 0.3) is 10.2 Å². The van der Waals surface area contributed by atoms with E-state index in [4.69, 9.17) is 0 Å². The van der Waals surface area contributed by atoms with Gasteiger partial charge in [-0.1, -0.05) is 27.3 Å². The van der Waals surface area contributed by atoms with Crippen LogP contribution in [0.15, 0.2) is 28.2 Å². The molecule has 1 aromatic heterocycles. The molecule has 2 nitrogen and oxygen atoms in total. The second-order valence-corrected chi connectivity index (χ2v) is 3.96. The molecule has 0 spiro atoms. The van der Waals surface area contributed by atoms with Crippen molar-refractivity contribution in [3.05, 3.63) is 33.4 Å². The fourth-order valence-electron chi connectivity index (χ4n) is 0.926. The Morgan fingerprint density at radius 2 is 2.27 bits per heavy atom. The van der Waals surface area contributed by atoms with Crippen LogP contribution in [0.5, 0.6) is 0 Å². The van der Waals surface area contributed by atoms with Crippen LogP contribution in [0.4, 0.5) is 0 Å². The Morgan fingerprint density at radius 3 is 3.09 bits per heavy atom. The van der Waals surface area contributed by atoms with Crippen LogP contribution in [0.1, 0.15) is 0 Å². The maximum Gasteiger partial charge on any atom is 0.237 e. The third-order valence-corrected chi connectivity index (χ3v) is 2.81. The summed E-state index contributed by atoms with van der Waals surface area (Å²) in [6.07, 6.45) is 0. The smallest absolute Gasteiger partial charge is 0.237 e. The van der Waals surface area contributed by atoms with Gasteiger partial charge in [-0.2, -0.15) is 4.73 Å². The van der Waals surface area contributed by atoms with E-state index in [9.17, 15) is 5.21 Å². The minimum atomic E-state index is 0.734. The molecule has 0 aliphatic heterocycles. The number of benzene rings is 1. The molecule has 0 fully saturated rings. The number of thiazole rings is 1. The average molecular weight is 230 g/mol. The molecule has 0 bridgehead atoms. The fraction of sp³-hybridized carbons (Fsp3) is 0. The second-order valence-electron chi connectivity index (χ2n) is 2.16. The van der Waals surface area contributed by atoms with E-state index < -0.39 is 0 Å². The maximum atomic E-state index is 11.0. The lowest BCUT2D eigenvalue weighted by atomic mass is 10.3. The number of halogens is 1. The lowest BCUT2D eigenvalue weighted by molar-refractivity contribution is -0.572. The summed E-state index contributed by atoms with van der Waals surface area (Å²) in [6.45, 7) is 0. The highest BCUT2D eigenvalue weighted by Gasteiger charge is 2.04. The number of hydrogen-bond acceptors (Lipinski definition) is 2. The van der Waals surface area contributed by atoms with Gasteiger partial charge in [0.2, 0.25) is 11.0 Å². The first kappa shape index (κ1) is 7.06. The summed E-state index contributed by atoms with van der Waals surface area (Å²) in [4.78, 5) is 0. The van der Waals surface area contributed by atoms with E-state index in [0.717, 1.165) is 19.4 Å². The zero-order chi connectivity index (χ0) is 7.84. The summed E-state index contributed by atoms with van der Waals surface area (Å²) in [7, 11) is 0. The molecule has 0 saturated heterocycles. The van der Waals surface area contributed by atoms with Crippen molar-refractivity contribution < 1.29 is 4.73 Å². The summed E-state index contributed by atoms with van der Waals surface area (Å²) in [5.74, 6) is 0. The molecule has 2 rings (SSSR count). The van der Waals surface area contributed by atoms with Gasteiger partial charge >= 0.3 is 0 Å². The van der Waals surface area contributed by atoms with Crippen molar-refractivity contribution in [3.63, 3.8) is 0 Å². The van der Waals surface area contributed by atoms with E-state index in [2.05, 4.69) is 15.9 Å². The molecule has 0 amide bonds. The molecule has 0 saturated carbocycles. The van der Waals surface area contributed by atoms with Crippen LogP contribution in [0.2, 0.25) is 0 Å². The van der Waals surface area contributed by atoms with Gasteiger partial charge in [-0.05, 0) is 12.1 Å². The highest BCUT2D eigenvalue weighted by Crippen LogP contribution is 2.20. The Morgan fingerprint density at radius 1 is 1.45 bits per heavy atom. The minimum absolute atomic E-state index is 0.734. The minimum Gasteiger partial charge on any atom is -0.618 e. The summed E-state index contributed by atoms with van der Waals surface area (Å²) in [5, 5.41) is 11.0. The van der Waals surface area contributed by atoms with Crippen LogP contribution in [-0.2, 0) is 0 Å². The van der Waals surface area contributed by atoms with Gasteiger partial charge in [-0.3, -0.25) is 0 Å². The summed E-state index contributed by atoms with van der Waals surface area (Å²) >= 11 is 4.79. The largest absolute Gasteiger partial charge is 0.618 e. The molecule has 4 heteroatoms. The van der Waals surface area contributed by atoms with E-state index in [-0.39, 0.29) is 0 Å². The molecule has 56 valence electrons. The van der Waals surface area contributed by atoms with E-state index in [1.807, 2.05) is 18.2 Å². The number of hydrogen-bond donors (Lipinski definition) is 0. The van der Waals surface area contributed by atoms with Gasteiger partial charge in [0, 0.05) is 10.5 Å². The predicted octanol–water partition coefficient (Wildman–Crippen LogP) is 2.30. The van der Waals surface area contributed by atoms with Crippen LogP contribution < -0.4 is 4.73 Å². The third kappa shape index (κ3) is 1.12. The molecular formula is C7H4BrNOS. The Balaban J connectivity index is 2.86. The predicted molar refractivity (Wildman–Crippen MR) is 48.5 cm³/mol. The lowest BCUT2D eigenvalue weighted by Crippen LogP contribution is -2.21. The van der Waals surface area contributed by atoms with Crippen LogP contribution in [0.3, 0.4) is 0 Å². The van der Waals surface area contributed by atoms with E-state index in [1.54, 1.807) is 5.51 Å². The van der Waals surface area contributed by atoms with Crippen molar-refractivity contribution in [2.75, 3.05) is 0 Å². The quantitative estimate of drug-likeness (QED) is 0.503. The standard InChI is InChI=1S/C7H4BrNOS/c8-5-1-2-6-7(3-5)11-4-9(6)10/h1-4H. The monoisotopic (exact) mass is 229 g/mol. The number of rotatable bonds is 0. The average Bonchev–Trinajstić information content (AvgIpc) is 2.32. The van der Waals surface area contributed by atoms with Crippen LogP contribution in [-0.4, -0.2) is 0 Å². The molecule has 1 heterocycles. The Kier molecular flexibility index (Phi) is 1.58. The fourth-order valence-corrected chi connectivity index (χ4v) is 2.24. The second kappa shape index (κ2) is 2.46. The van der Waals surface area contributed by atoms with Gasteiger partial charge in [0.1, 0.15) is 4.70 Å². The molecular weight excluding hydrogens is 226 g/mol. The van der Waals surface area contributed by atoms with Crippen LogP contribution in [0, 0.1) is 5.21 Å². The number of nitrogens with zero attached hydrogens (tertiary/aromatic N) is 1. The molecule has 0 N–H and O–H groups in total. The van der Waals surface area contributed by atoms with Crippen molar-refractivity contribution in [2.24, 2.45) is 0 Å². The zero-order valence-electron chi connectivity index (χ0n) is 5.45. The van der Waals surface area contributed by atoms with Gasteiger partial charge in [0.25, 0.3) is 0 Å². The Bertz CT molecular complexity index is 398. The molecule has 0 radical (unpaired) electrons. The zero-order valence-corrected chi connectivity index (χ0v) is 7.85. The maximum absolute atomic E-state index is 11.0. The van der Waals surface area contributed by atoms with Gasteiger partial charge in [0.15, 0.2) is 0 Å². The van der Waals surface area contributed by atoms with Crippen molar-refractivity contribution >= 4 is 37.5 Å². The highest BCUT2D eigenvalue weighted by atomic mass is 79.9. The van der Waals surface area contributed by atoms with Crippen molar-refractivity contribution in [2.45, 2.75) is 0 Å². The molecule has 11 heavy (non-hydrogen) atoms. The molecule has 2 aromatic rings. The number of fused-ring (bicyclic) bond motifs is 1. The Hall–Kier alpha value is -0.610. The summed E-state index contributed by atoms with van der Waals surface area (Å²) < 4.78 is 2.90. The van der Waals surface area contributed by atoms with Crippen molar-refractivity contribution in [3.8, 4) is 0 Å². The third-order valence-electron chi connectivity index (χ3n) is 1.43. The molecule has 0 aliphatic carbocycles. The summed E-state index contributed by atoms with van der Waals surface area (Å²) in [5.41, 5.74) is 2.29. The lowest BCUT2D eigenvalue weighted by Gasteiger charge is -1.90. The first-order chi connectivity index (χ1) is 5.27. The van der Waals surface area contributed by atoms with Gasteiger partial charge in [-0.15, -0.1) is 0 Å². The number of aromatic nitrogens is 1. The topological polar surface area (TPSA) is 26.9 Å². The van der Waals surface area contributed by atoms with E-state index >= 15 is 0 Å². The van der Waals surface area contributed by atoms with Crippen molar-refractivity contribution in [1.29, 1.82) is 0 Å². The van der Waals surface area contributed by atoms with Gasteiger partial charge < -0.3 is 5.21 Å².